The van der Waals surface area contributed by atoms with Crippen molar-refractivity contribution < 1.29 is 14.0 Å². The molecule has 0 atom stereocenters. The van der Waals surface area contributed by atoms with E-state index in [0.717, 1.165) is 25.9 Å². The first kappa shape index (κ1) is 16.9. The Morgan fingerprint density at radius 1 is 1.25 bits per heavy atom. The highest BCUT2D eigenvalue weighted by molar-refractivity contribution is 5.80. The molecular weight excluding hydrogens is 307 g/mol. The van der Waals surface area contributed by atoms with Crippen LogP contribution in [-0.4, -0.2) is 47.8 Å². The molecule has 0 bridgehead atoms. The maximum atomic E-state index is 13.6. The second-order valence-corrected chi connectivity index (χ2v) is 7.06. The number of benzene rings is 1. The van der Waals surface area contributed by atoms with Crippen molar-refractivity contribution in [2.75, 3.05) is 26.2 Å². The van der Waals surface area contributed by atoms with Crippen LogP contribution < -0.4 is 0 Å². The summed E-state index contributed by atoms with van der Waals surface area (Å²) in [6.07, 6.45) is 3.18. The van der Waals surface area contributed by atoms with E-state index in [2.05, 4.69) is 0 Å². The third kappa shape index (κ3) is 3.45. The van der Waals surface area contributed by atoms with Crippen LogP contribution in [0.3, 0.4) is 0 Å². The molecule has 130 valence electrons. The molecule has 2 amide bonds. The van der Waals surface area contributed by atoms with Gasteiger partial charge in [0, 0.05) is 44.4 Å². The van der Waals surface area contributed by atoms with E-state index in [4.69, 9.17) is 0 Å². The van der Waals surface area contributed by atoms with Crippen molar-refractivity contribution in [2.24, 2.45) is 5.41 Å². The predicted octanol–water partition coefficient (Wildman–Crippen LogP) is 2.62. The Morgan fingerprint density at radius 3 is 2.58 bits per heavy atom. The van der Waals surface area contributed by atoms with Gasteiger partial charge in [0.2, 0.25) is 11.8 Å². The van der Waals surface area contributed by atoms with E-state index >= 15 is 0 Å². The fourth-order valence-electron chi connectivity index (χ4n) is 3.94. The normalized spacial score (nSPS) is 20.0. The average Bonchev–Trinajstić information content (AvgIpc) is 2.90. The molecule has 2 heterocycles. The summed E-state index contributed by atoms with van der Waals surface area (Å²) in [6, 6.07) is 6.62. The summed E-state index contributed by atoms with van der Waals surface area (Å²) >= 11 is 0. The Morgan fingerprint density at radius 2 is 1.96 bits per heavy atom. The van der Waals surface area contributed by atoms with Crippen LogP contribution in [0.2, 0.25) is 0 Å². The van der Waals surface area contributed by atoms with Gasteiger partial charge in [-0.1, -0.05) is 18.2 Å². The topological polar surface area (TPSA) is 40.6 Å². The van der Waals surface area contributed by atoms with Crippen molar-refractivity contribution >= 4 is 11.8 Å². The van der Waals surface area contributed by atoms with Crippen LogP contribution in [0.1, 0.15) is 38.2 Å². The number of nitrogens with zero attached hydrogens (tertiary/aromatic N) is 2. The van der Waals surface area contributed by atoms with Crippen molar-refractivity contribution in [3.63, 3.8) is 0 Å². The number of hydrogen-bond acceptors (Lipinski definition) is 2. The van der Waals surface area contributed by atoms with E-state index in [1.54, 1.807) is 18.2 Å². The largest absolute Gasteiger partial charge is 0.343 e. The third-order valence-corrected chi connectivity index (χ3v) is 5.53. The summed E-state index contributed by atoms with van der Waals surface area (Å²) < 4.78 is 13.6. The number of piperidine rings is 1. The minimum absolute atomic E-state index is 0.0649. The molecule has 2 fully saturated rings. The van der Waals surface area contributed by atoms with Gasteiger partial charge in [-0.15, -0.1) is 0 Å². The number of rotatable bonds is 4. The predicted molar refractivity (Wildman–Crippen MR) is 89.8 cm³/mol. The molecule has 0 saturated carbocycles. The van der Waals surface area contributed by atoms with Gasteiger partial charge < -0.3 is 9.80 Å². The number of amides is 2. The van der Waals surface area contributed by atoms with Crippen LogP contribution in [0.5, 0.6) is 0 Å². The molecule has 24 heavy (non-hydrogen) atoms. The lowest BCUT2D eigenvalue weighted by Gasteiger charge is -2.38. The molecule has 1 spiro atoms. The zero-order valence-electron chi connectivity index (χ0n) is 14.3. The van der Waals surface area contributed by atoms with Crippen molar-refractivity contribution in [1.82, 2.24) is 9.80 Å². The maximum Gasteiger partial charge on any atom is 0.223 e. The molecule has 2 aliphatic heterocycles. The van der Waals surface area contributed by atoms with E-state index < -0.39 is 0 Å². The molecule has 2 saturated heterocycles. The molecule has 0 N–H and O–H groups in total. The van der Waals surface area contributed by atoms with E-state index in [-0.39, 0.29) is 23.0 Å². The quantitative estimate of drug-likeness (QED) is 0.850. The smallest absolute Gasteiger partial charge is 0.223 e. The monoisotopic (exact) mass is 332 g/mol. The molecule has 0 radical (unpaired) electrons. The van der Waals surface area contributed by atoms with Crippen molar-refractivity contribution in [1.29, 1.82) is 0 Å². The lowest BCUT2D eigenvalue weighted by molar-refractivity contribution is -0.133. The molecule has 5 heteroatoms. The zero-order chi connectivity index (χ0) is 17.2. The van der Waals surface area contributed by atoms with Gasteiger partial charge in [0.15, 0.2) is 0 Å². The summed E-state index contributed by atoms with van der Waals surface area (Å²) in [4.78, 5) is 28.2. The van der Waals surface area contributed by atoms with Crippen molar-refractivity contribution in [2.45, 2.75) is 39.0 Å². The second-order valence-electron chi connectivity index (χ2n) is 7.06. The highest BCUT2D eigenvalue weighted by Gasteiger charge is 2.44. The van der Waals surface area contributed by atoms with Gasteiger partial charge in [0.05, 0.1) is 0 Å². The summed E-state index contributed by atoms with van der Waals surface area (Å²) in [7, 11) is 0. The van der Waals surface area contributed by atoms with Gasteiger partial charge in [-0.05, 0) is 37.8 Å². The standard InChI is InChI=1S/C19H25FN2O2/c1-2-21-14-19(13-18(21)24)9-11-22(12-10-19)17(23)8-7-15-5-3-4-6-16(15)20/h3-6H,2,7-14H2,1H3. The maximum absolute atomic E-state index is 13.6. The summed E-state index contributed by atoms with van der Waals surface area (Å²) in [5.41, 5.74) is 0.661. The van der Waals surface area contributed by atoms with Crippen LogP contribution in [0.25, 0.3) is 0 Å². The summed E-state index contributed by atoms with van der Waals surface area (Å²) in [6.45, 7) is 5.03. The first-order valence-electron chi connectivity index (χ1n) is 8.82. The van der Waals surface area contributed by atoms with E-state index in [1.165, 1.54) is 6.07 Å². The number of hydrogen-bond donors (Lipinski definition) is 0. The van der Waals surface area contributed by atoms with Gasteiger partial charge in [0.25, 0.3) is 0 Å². The molecule has 0 aromatic heterocycles. The highest BCUT2D eigenvalue weighted by atomic mass is 19.1. The van der Waals surface area contributed by atoms with Gasteiger partial charge in [-0.25, -0.2) is 4.39 Å². The Hall–Kier alpha value is -1.91. The average molecular weight is 332 g/mol. The van der Waals surface area contributed by atoms with Gasteiger partial charge in [-0.2, -0.15) is 0 Å². The van der Waals surface area contributed by atoms with E-state index in [1.807, 2.05) is 16.7 Å². The summed E-state index contributed by atoms with van der Waals surface area (Å²) in [5.74, 6) is 0.0913. The number of likely N-dealkylation sites (tertiary alicyclic amines) is 2. The number of halogens is 1. The minimum Gasteiger partial charge on any atom is -0.343 e. The Balaban J connectivity index is 1.51. The second kappa shape index (κ2) is 6.91. The van der Waals surface area contributed by atoms with Gasteiger partial charge >= 0.3 is 0 Å². The van der Waals surface area contributed by atoms with Crippen molar-refractivity contribution in [3.8, 4) is 0 Å². The van der Waals surface area contributed by atoms with Gasteiger partial charge in [-0.3, -0.25) is 9.59 Å². The third-order valence-electron chi connectivity index (χ3n) is 5.53. The molecule has 0 unspecified atom stereocenters. The number of aryl methyl sites for hydroxylation is 1. The lowest BCUT2D eigenvalue weighted by Crippen LogP contribution is -2.44. The Bertz CT molecular complexity index is 624. The molecule has 1 aromatic carbocycles. The van der Waals surface area contributed by atoms with E-state index in [0.29, 0.717) is 37.9 Å². The van der Waals surface area contributed by atoms with Gasteiger partial charge in [0.1, 0.15) is 5.82 Å². The number of carbonyl (C=O) groups excluding carboxylic acids is 2. The highest BCUT2D eigenvalue weighted by Crippen LogP contribution is 2.40. The first-order chi connectivity index (χ1) is 11.5. The first-order valence-corrected chi connectivity index (χ1v) is 8.82. The zero-order valence-corrected chi connectivity index (χ0v) is 14.3. The van der Waals surface area contributed by atoms with Crippen LogP contribution in [-0.2, 0) is 16.0 Å². The minimum atomic E-state index is -0.243. The molecule has 3 rings (SSSR count). The summed E-state index contributed by atoms with van der Waals surface area (Å²) in [5, 5.41) is 0. The SMILES string of the molecule is CCN1CC2(CCN(C(=O)CCc3ccccc3F)CC2)CC1=O. The van der Waals surface area contributed by atoms with E-state index in [9.17, 15) is 14.0 Å². The Labute approximate surface area is 142 Å². The molecule has 1 aromatic rings. The van der Waals surface area contributed by atoms with Crippen LogP contribution >= 0.6 is 0 Å². The Kier molecular flexibility index (Phi) is 4.88. The molecule has 2 aliphatic rings. The fraction of sp³-hybridized carbons (Fsp3) is 0.579. The van der Waals surface area contributed by atoms with Crippen LogP contribution in [0.15, 0.2) is 24.3 Å². The molecule has 4 nitrogen and oxygen atoms in total. The molecule has 0 aliphatic carbocycles. The number of carbonyl (C=O) groups is 2. The van der Waals surface area contributed by atoms with Crippen LogP contribution in [0, 0.1) is 11.2 Å². The van der Waals surface area contributed by atoms with Crippen molar-refractivity contribution in [3.05, 3.63) is 35.6 Å². The molecular formula is C19H25FN2O2. The lowest BCUT2D eigenvalue weighted by atomic mass is 9.77. The fourth-order valence-corrected chi connectivity index (χ4v) is 3.94. The van der Waals surface area contributed by atoms with Crippen LogP contribution in [0.4, 0.5) is 4.39 Å².